The third-order valence-electron chi connectivity index (χ3n) is 8.09. The Bertz CT molecular complexity index is 1600. The van der Waals surface area contributed by atoms with Gasteiger partial charge >= 0.3 is 6.03 Å². The standard InChI is InChI=1S/C33H46N6O7S/c1-23-18-39(24(2)21-40)32(41)28-17-27(36-47(43,44)31-20-37(4)22-34-31)14-15-29(28)46-25(3)11-9-10-16-45-30(23)19-38(5)33(42)35-26-12-7-6-8-13-26/h6-8,12-15,17,20,22-25,30,36,40H,9-11,16,18-19,21H2,1-5H3,(H,35,42)/t23-,24-,25-,30-/m1/s1. The molecule has 4 rings (SSSR count). The summed E-state index contributed by atoms with van der Waals surface area (Å²) in [5, 5.41) is 12.9. The van der Waals surface area contributed by atoms with E-state index >= 15 is 0 Å². The summed E-state index contributed by atoms with van der Waals surface area (Å²) in [5.41, 5.74) is 0.992. The molecule has 0 spiro atoms. The van der Waals surface area contributed by atoms with Crippen molar-refractivity contribution in [3.05, 3.63) is 66.6 Å². The number of fused-ring (bicyclic) bond motifs is 1. The number of imidazole rings is 1. The van der Waals surface area contributed by atoms with Gasteiger partial charge in [-0.1, -0.05) is 25.1 Å². The minimum Gasteiger partial charge on any atom is -0.490 e. The average molecular weight is 671 g/mol. The number of para-hydroxylation sites is 1. The van der Waals surface area contributed by atoms with Gasteiger partial charge in [0.05, 0.1) is 36.7 Å². The molecule has 14 heteroatoms. The van der Waals surface area contributed by atoms with Crippen LogP contribution in [0.2, 0.25) is 0 Å². The van der Waals surface area contributed by atoms with E-state index in [0.29, 0.717) is 24.5 Å². The number of benzene rings is 2. The summed E-state index contributed by atoms with van der Waals surface area (Å²) in [5.74, 6) is -0.379. The van der Waals surface area contributed by atoms with E-state index in [1.54, 1.807) is 43.0 Å². The quantitative estimate of drug-likeness (QED) is 0.323. The highest BCUT2D eigenvalue weighted by Gasteiger charge is 2.31. The maximum absolute atomic E-state index is 14.3. The van der Waals surface area contributed by atoms with Gasteiger partial charge < -0.3 is 34.3 Å². The van der Waals surface area contributed by atoms with Crippen molar-refractivity contribution in [1.29, 1.82) is 0 Å². The summed E-state index contributed by atoms with van der Waals surface area (Å²) in [7, 11) is -0.664. The molecular weight excluding hydrogens is 624 g/mol. The Morgan fingerprint density at radius 1 is 1.15 bits per heavy atom. The van der Waals surface area contributed by atoms with Gasteiger partial charge in [0.25, 0.3) is 15.9 Å². The molecule has 0 bridgehead atoms. The highest BCUT2D eigenvalue weighted by Crippen LogP contribution is 2.29. The number of carbonyl (C=O) groups is 2. The number of aliphatic hydroxyl groups excluding tert-OH is 1. The first-order chi connectivity index (χ1) is 22.4. The fourth-order valence-corrected chi connectivity index (χ4v) is 6.31. The van der Waals surface area contributed by atoms with Crippen molar-refractivity contribution < 1.29 is 32.6 Å². The van der Waals surface area contributed by atoms with Gasteiger partial charge in [0.1, 0.15) is 5.75 Å². The molecule has 0 fully saturated rings. The van der Waals surface area contributed by atoms with Gasteiger partial charge in [0, 0.05) is 57.3 Å². The minimum atomic E-state index is -4.03. The monoisotopic (exact) mass is 670 g/mol. The molecule has 1 aliphatic heterocycles. The minimum absolute atomic E-state index is 0.152. The number of urea groups is 1. The van der Waals surface area contributed by atoms with Crippen molar-refractivity contribution in [1.82, 2.24) is 19.4 Å². The summed E-state index contributed by atoms with van der Waals surface area (Å²) in [6, 6.07) is 12.9. The van der Waals surface area contributed by atoms with Crippen LogP contribution >= 0.6 is 0 Å². The maximum atomic E-state index is 14.3. The molecule has 2 aromatic carbocycles. The molecule has 0 unspecified atom stereocenters. The van der Waals surface area contributed by atoms with E-state index < -0.39 is 28.1 Å². The van der Waals surface area contributed by atoms with Crippen LogP contribution in [0.15, 0.2) is 66.1 Å². The van der Waals surface area contributed by atoms with Crippen molar-refractivity contribution >= 4 is 33.3 Å². The normalized spacial score (nSPS) is 20.3. The molecule has 1 aromatic heterocycles. The highest BCUT2D eigenvalue weighted by atomic mass is 32.2. The van der Waals surface area contributed by atoms with Crippen LogP contribution in [0.25, 0.3) is 0 Å². The largest absolute Gasteiger partial charge is 0.490 e. The summed E-state index contributed by atoms with van der Waals surface area (Å²) in [6.07, 6.45) is 4.38. The number of anilines is 2. The summed E-state index contributed by atoms with van der Waals surface area (Å²) < 4.78 is 42.7. The predicted octanol–water partition coefficient (Wildman–Crippen LogP) is 4.18. The number of hydrogen-bond acceptors (Lipinski definition) is 8. The van der Waals surface area contributed by atoms with E-state index in [-0.39, 0.29) is 54.0 Å². The number of likely N-dealkylation sites (N-methyl/N-ethyl adjacent to an activating group) is 1. The second-order valence-corrected chi connectivity index (χ2v) is 13.8. The topological polar surface area (TPSA) is 155 Å². The Kier molecular flexibility index (Phi) is 12.2. The molecule has 3 aromatic rings. The maximum Gasteiger partial charge on any atom is 0.321 e. The van der Waals surface area contributed by atoms with E-state index in [1.165, 1.54) is 23.2 Å². The van der Waals surface area contributed by atoms with Crippen molar-refractivity contribution in [3.8, 4) is 5.75 Å². The van der Waals surface area contributed by atoms with Crippen molar-refractivity contribution in [2.75, 3.05) is 43.4 Å². The number of amides is 3. The number of hydrogen-bond donors (Lipinski definition) is 3. The molecule has 13 nitrogen and oxygen atoms in total. The first-order valence-corrected chi connectivity index (χ1v) is 17.3. The Labute approximate surface area is 276 Å². The number of rotatable bonds is 8. The van der Waals surface area contributed by atoms with E-state index in [2.05, 4.69) is 15.0 Å². The Morgan fingerprint density at radius 2 is 1.89 bits per heavy atom. The first kappa shape index (κ1) is 35.7. The van der Waals surface area contributed by atoms with Crippen LogP contribution < -0.4 is 14.8 Å². The highest BCUT2D eigenvalue weighted by molar-refractivity contribution is 7.92. The molecule has 0 saturated carbocycles. The van der Waals surface area contributed by atoms with Crippen LogP contribution in [0.1, 0.15) is 50.4 Å². The Hall–Kier alpha value is -4.14. The van der Waals surface area contributed by atoms with Crippen LogP contribution in [-0.2, 0) is 21.8 Å². The molecular formula is C33H46N6O7S. The molecule has 0 radical (unpaired) electrons. The predicted molar refractivity (Wildman–Crippen MR) is 179 cm³/mol. The fraction of sp³-hybridized carbons (Fsp3) is 0.485. The van der Waals surface area contributed by atoms with Crippen molar-refractivity contribution in [2.45, 2.75) is 63.3 Å². The number of carbonyl (C=O) groups excluding carboxylic acids is 2. The van der Waals surface area contributed by atoms with E-state index in [1.807, 2.05) is 44.2 Å². The van der Waals surface area contributed by atoms with Crippen LogP contribution in [-0.4, -0.2) is 96.4 Å². The zero-order chi connectivity index (χ0) is 34.1. The van der Waals surface area contributed by atoms with Gasteiger partial charge in [0.15, 0.2) is 5.03 Å². The Balaban J connectivity index is 1.62. The fourth-order valence-electron chi connectivity index (χ4n) is 5.28. The lowest BCUT2D eigenvalue weighted by Gasteiger charge is -2.35. The number of aryl methyl sites for hydroxylation is 1. The van der Waals surface area contributed by atoms with Crippen LogP contribution in [0, 0.1) is 5.92 Å². The lowest BCUT2D eigenvalue weighted by molar-refractivity contribution is -0.0115. The zero-order valence-corrected chi connectivity index (χ0v) is 28.4. The number of aliphatic hydroxyl groups is 1. The lowest BCUT2D eigenvalue weighted by Crippen LogP contribution is -2.48. The summed E-state index contributed by atoms with van der Waals surface area (Å²) >= 11 is 0. The molecule has 1 aliphatic rings. The van der Waals surface area contributed by atoms with E-state index in [4.69, 9.17) is 9.47 Å². The summed E-state index contributed by atoms with van der Waals surface area (Å²) in [6.45, 7) is 6.22. The molecule has 256 valence electrons. The molecule has 47 heavy (non-hydrogen) atoms. The average Bonchev–Trinajstić information content (AvgIpc) is 3.50. The van der Waals surface area contributed by atoms with Crippen molar-refractivity contribution in [2.24, 2.45) is 13.0 Å². The van der Waals surface area contributed by atoms with E-state index in [0.717, 1.165) is 12.8 Å². The lowest BCUT2D eigenvalue weighted by atomic mass is 10.0. The van der Waals surface area contributed by atoms with Gasteiger partial charge in [-0.05, 0) is 63.4 Å². The second kappa shape index (κ2) is 16.1. The smallest absolute Gasteiger partial charge is 0.321 e. The molecule has 4 atom stereocenters. The van der Waals surface area contributed by atoms with Crippen molar-refractivity contribution in [3.63, 3.8) is 0 Å². The van der Waals surface area contributed by atoms with Crippen LogP contribution in [0.3, 0.4) is 0 Å². The Morgan fingerprint density at radius 3 is 2.57 bits per heavy atom. The third-order valence-corrected chi connectivity index (χ3v) is 9.35. The molecule has 2 heterocycles. The number of ether oxygens (including phenoxy) is 2. The SMILES string of the molecule is C[C@@H]1CCCCO[C@H](CN(C)C(=O)Nc2ccccc2)[C@H](C)CN([C@H](C)CO)C(=O)c2cc(NS(=O)(=O)c3cn(C)cn3)ccc2O1. The van der Waals surface area contributed by atoms with Crippen LogP contribution in [0.4, 0.5) is 16.2 Å². The number of nitrogens with zero attached hydrogens (tertiary/aromatic N) is 4. The van der Waals surface area contributed by atoms with Crippen LogP contribution in [0.5, 0.6) is 5.75 Å². The molecule has 3 amide bonds. The second-order valence-electron chi connectivity index (χ2n) is 12.2. The molecule has 3 N–H and O–H groups in total. The number of nitrogens with one attached hydrogen (secondary N) is 2. The molecule has 0 aliphatic carbocycles. The third kappa shape index (κ3) is 9.69. The zero-order valence-electron chi connectivity index (χ0n) is 27.6. The van der Waals surface area contributed by atoms with Gasteiger partial charge in [-0.15, -0.1) is 0 Å². The van der Waals surface area contributed by atoms with Gasteiger partial charge in [0.2, 0.25) is 0 Å². The summed E-state index contributed by atoms with van der Waals surface area (Å²) in [4.78, 5) is 34.4. The van der Waals surface area contributed by atoms with Gasteiger partial charge in [-0.25, -0.2) is 9.78 Å². The number of sulfonamides is 1. The van der Waals surface area contributed by atoms with Gasteiger partial charge in [-0.3, -0.25) is 9.52 Å². The van der Waals surface area contributed by atoms with Gasteiger partial charge in [-0.2, -0.15) is 8.42 Å². The molecule has 0 saturated heterocycles. The first-order valence-electron chi connectivity index (χ1n) is 15.8. The van der Waals surface area contributed by atoms with E-state index in [9.17, 15) is 23.1 Å². The number of aromatic nitrogens is 2.